The van der Waals surface area contributed by atoms with Gasteiger partial charge in [-0.2, -0.15) is 0 Å². The zero-order valence-electron chi connectivity index (χ0n) is 14.0. The number of carbonyl (C=O) groups is 1. The van der Waals surface area contributed by atoms with E-state index in [4.69, 9.17) is 0 Å². The van der Waals surface area contributed by atoms with E-state index in [1.807, 2.05) is 4.90 Å². The summed E-state index contributed by atoms with van der Waals surface area (Å²) in [7, 11) is 0. The number of hydrogen-bond acceptors (Lipinski definition) is 4. The third kappa shape index (κ3) is 4.05. The number of aliphatic hydroxyl groups is 1. The summed E-state index contributed by atoms with van der Waals surface area (Å²) in [6, 6.07) is 6.75. The van der Waals surface area contributed by atoms with Crippen molar-refractivity contribution in [3.05, 3.63) is 30.1 Å². The summed E-state index contributed by atoms with van der Waals surface area (Å²) in [4.78, 5) is 18.7. The van der Waals surface area contributed by atoms with Crippen molar-refractivity contribution in [1.29, 1.82) is 0 Å². The van der Waals surface area contributed by atoms with Crippen LogP contribution in [0.25, 0.3) is 0 Å². The van der Waals surface area contributed by atoms with E-state index >= 15 is 0 Å². The molecule has 0 radical (unpaired) electrons. The second-order valence-corrected chi connectivity index (χ2v) is 6.61. The van der Waals surface area contributed by atoms with Gasteiger partial charge in [-0.05, 0) is 43.7 Å². The van der Waals surface area contributed by atoms with E-state index in [2.05, 4.69) is 9.80 Å². The van der Waals surface area contributed by atoms with E-state index in [0.717, 1.165) is 44.7 Å². The molecule has 2 heterocycles. The van der Waals surface area contributed by atoms with Gasteiger partial charge in [-0.15, -0.1) is 0 Å². The fourth-order valence-corrected chi connectivity index (χ4v) is 3.66. The zero-order chi connectivity index (χ0) is 16.9. The number of rotatable bonds is 5. The number of halogens is 1. The third-order valence-electron chi connectivity index (χ3n) is 5.15. The Balaban J connectivity index is 1.44. The first kappa shape index (κ1) is 17.2. The van der Waals surface area contributed by atoms with Crippen LogP contribution < -0.4 is 4.90 Å². The lowest BCUT2D eigenvalue weighted by Gasteiger charge is -2.36. The van der Waals surface area contributed by atoms with Gasteiger partial charge in [0.1, 0.15) is 5.82 Å². The van der Waals surface area contributed by atoms with Gasteiger partial charge in [-0.1, -0.05) is 0 Å². The predicted octanol–water partition coefficient (Wildman–Crippen LogP) is 1.32. The Morgan fingerprint density at radius 2 is 1.83 bits per heavy atom. The maximum atomic E-state index is 13.0. The van der Waals surface area contributed by atoms with Crippen LogP contribution in [0.5, 0.6) is 0 Å². The highest BCUT2D eigenvalue weighted by atomic mass is 19.1. The van der Waals surface area contributed by atoms with E-state index < -0.39 is 0 Å². The Morgan fingerprint density at radius 1 is 1.12 bits per heavy atom. The highest BCUT2D eigenvalue weighted by Crippen LogP contribution is 2.19. The Kier molecular flexibility index (Phi) is 5.68. The van der Waals surface area contributed by atoms with Crippen molar-refractivity contribution in [3.63, 3.8) is 0 Å². The quantitative estimate of drug-likeness (QED) is 0.882. The van der Waals surface area contributed by atoms with Gasteiger partial charge in [0.25, 0.3) is 0 Å². The number of aliphatic hydroxyl groups excluding tert-OH is 1. The van der Waals surface area contributed by atoms with Gasteiger partial charge in [-0.25, -0.2) is 4.39 Å². The van der Waals surface area contributed by atoms with E-state index in [9.17, 15) is 14.3 Å². The molecular formula is C18H26FN3O2. The summed E-state index contributed by atoms with van der Waals surface area (Å²) in [5, 5.41) is 9.34. The van der Waals surface area contributed by atoms with Crippen LogP contribution >= 0.6 is 0 Å². The molecule has 1 aromatic rings. The number of carbonyl (C=O) groups excluding carboxylic acids is 1. The van der Waals surface area contributed by atoms with Gasteiger partial charge >= 0.3 is 0 Å². The summed E-state index contributed by atoms with van der Waals surface area (Å²) >= 11 is 0. The molecule has 1 aromatic carbocycles. The molecule has 0 saturated carbocycles. The maximum Gasteiger partial charge on any atom is 0.223 e. The topological polar surface area (TPSA) is 47.0 Å². The van der Waals surface area contributed by atoms with Crippen LogP contribution in [-0.4, -0.2) is 72.7 Å². The first-order chi connectivity index (χ1) is 11.7. The minimum absolute atomic E-state index is 0.185. The third-order valence-corrected chi connectivity index (χ3v) is 5.15. The van der Waals surface area contributed by atoms with Crippen molar-refractivity contribution in [2.45, 2.75) is 25.3 Å². The molecule has 3 rings (SSSR count). The Labute approximate surface area is 142 Å². The molecule has 1 atom stereocenters. The van der Waals surface area contributed by atoms with Crippen LogP contribution in [0, 0.1) is 5.82 Å². The number of amides is 1. The lowest BCUT2D eigenvalue weighted by atomic mass is 10.2. The van der Waals surface area contributed by atoms with E-state index in [1.165, 1.54) is 12.1 Å². The Morgan fingerprint density at radius 3 is 2.50 bits per heavy atom. The Bertz CT molecular complexity index is 544. The molecule has 2 saturated heterocycles. The predicted molar refractivity (Wildman–Crippen MR) is 91.5 cm³/mol. The molecule has 6 heteroatoms. The molecule has 24 heavy (non-hydrogen) atoms. The van der Waals surface area contributed by atoms with Gasteiger partial charge in [0.05, 0.1) is 6.61 Å². The second-order valence-electron chi connectivity index (χ2n) is 6.61. The van der Waals surface area contributed by atoms with Crippen molar-refractivity contribution in [1.82, 2.24) is 9.80 Å². The van der Waals surface area contributed by atoms with E-state index in [0.29, 0.717) is 19.5 Å². The molecule has 0 aliphatic carbocycles. The highest BCUT2D eigenvalue weighted by Gasteiger charge is 2.26. The van der Waals surface area contributed by atoms with Crippen LogP contribution in [-0.2, 0) is 4.79 Å². The summed E-state index contributed by atoms with van der Waals surface area (Å²) in [6.07, 6.45) is 2.66. The van der Waals surface area contributed by atoms with Crippen LogP contribution in [0.15, 0.2) is 24.3 Å². The maximum absolute atomic E-state index is 13.0. The molecule has 1 amide bonds. The average molecular weight is 335 g/mol. The SMILES string of the molecule is O=C(CCN1CCC[C@@H]1CO)N1CCN(c2ccc(F)cc2)CC1. The molecule has 0 spiro atoms. The van der Waals surface area contributed by atoms with Crippen molar-refractivity contribution >= 4 is 11.6 Å². The van der Waals surface area contributed by atoms with Gasteiger partial charge in [0.15, 0.2) is 0 Å². The first-order valence-electron chi connectivity index (χ1n) is 8.80. The number of likely N-dealkylation sites (tertiary alicyclic amines) is 1. The zero-order valence-corrected chi connectivity index (χ0v) is 14.0. The van der Waals surface area contributed by atoms with Crippen LogP contribution in [0.4, 0.5) is 10.1 Å². The average Bonchev–Trinajstić information content (AvgIpc) is 3.08. The molecule has 2 aliphatic rings. The minimum atomic E-state index is -0.226. The smallest absolute Gasteiger partial charge is 0.223 e. The lowest BCUT2D eigenvalue weighted by Crippen LogP contribution is -2.49. The fraction of sp³-hybridized carbons (Fsp3) is 0.611. The van der Waals surface area contributed by atoms with Gasteiger partial charge in [0, 0.05) is 50.9 Å². The number of hydrogen-bond donors (Lipinski definition) is 1. The Hall–Kier alpha value is -1.66. The lowest BCUT2D eigenvalue weighted by molar-refractivity contribution is -0.131. The molecule has 1 N–H and O–H groups in total. The molecule has 5 nitrogen and oxygen atoms in total. The van der Waals surface area contributed by atoms with E-state index in [-0.39, 0.29) is 24.4 Å². The standard InChI is InChI=1S/C18H26FN3O2/c19-15-3-5-16(6-4-15)21-10-12-22(13-11-21)18(24)7-9-20-8-1-2-17(20)14-23/h3-6,17,23H,1-2,7-14H2/t17-/m1/s1. The van der Waals surface area contributed by atoms with Crippen molar-refractivity contribution in [2.75, 3.05) is 50.8 Å². The second kappa shape index (κ2) is 7.94. The van der Waals surface area contributed by atoms with Crippen LogP contribution in [0.2, 0.25) is 0 Å². The normalized spacial score (nSPS) is 22.2. The fourth-order valence-electron chi connectivity index (χ4n) is 3.66. The summed E-state index contributed by atoms with van der Waals surface area (Å²) in [5.41, 5.74) is 1.01. The molecule has 2 aliphatic heterocycles. The number of anilines is 1. The van der Waals surface area contributed by atoms with Crippen molar-refractivity contribution < 1.29 is 14.3 Å². The molecule has 132 valence electrons. The van der Waals surface area contributed by atoms with Crippen molar-refractivity contribution in [2.24, 2.45) is 0 Å². The molecule has 0 bridgehead atoms. The largest absolute Gasteiger partial charge is 0.395 e. The highest BCUT2D eigenvalue weighted by molar-refractivity contribution is 5.76. The minimum Gasteiger partial charge on any atom is -0.395 e. The van der Waals surface area contributed by atoms with E-state index in [1.54, 1.807) is 12.1 Å². The van der Waals surface area contributed by atoms with Gasteiger partial charge < -0.3 is 14.9 Å². The molecular weight excluding hydrogens is 309 g/mol. The van der Waals surface area contributed by atoms with Crippen molar-refractivity contribution in [3.8, 4) is 0 Å². The van der Waals surface area contributed by atoms with Gasteiger partial charge in [0.2, 0.25) is 5.91 Å². The van der Waals surface area contributed by atoms with Crippen LogP contribution in [0.3, 0.4) is 0 Å². The van der Waals surface area contributed by atoms with Crippen LogP contribution in [0.1, 0.15) is 19.3 Å². The molecule has 2 fully saturated rings. The van der Waals surface area contributed by atoms with Gasteiger partial charge in [-0.3, -0.25) is 9.69 Å². The summed E-state index contributed by atoms with van der Waals surface area (Å²) in [6.45, 7) is 4.88. The summed E-state index contributed by atoms with van der Waals surface area (Å²) < 4.78 is 13.0. The number of piperazine rings is 1. The number of nitrogens with zero attached hydrogens (tertiary/aromatic N) is 3. The summed E-state index contributed by atoms with van der Waals surface area (Å²) in [5.74, 6) is -0.0343. The monoisotopic (exact) mass is 335 g/mol. The first-order valence-corrected chi connectivity index (χ1v) is 8.80. The number of benzene rings is 1. The molecule has 0 aromatic heterocycles. The molecule has 0 unspecified atom stereocenters.